The van der Waals surface area contributed by atoms with E-state index in [-0.39, 0.29) is 17.9 Å². The monoisotopic (exact) mass is 196 g/mol. The molecule has 1 aromatic rings. The Balaban J connectivity index is 2.71. The lowest BCUT2D eigenvalue weighted by molar-refractivity contribution is 0.0938. The van der Waals surface area contributed by atoms with Crippen molar-refractivity contribution in [3.05, 3.63) is 17.8 Å². The summed E-state index contributed by atoms with van der Waals surface area (Å²) in [6.45, 7) is 7.74. The van der Waals surface area contributed by atoms with Crippen molar-refractivity contribution in [1.82, 2.24) is 10.3 Å². The van der Waals surface area contributed by atoms with Gasteiger partial charge >= 0.3 is 0 Å². The summed E-state index contributed by atoms with van der Waals surface area (Å²) in [6.07, 6.45) is 1.40. The van der Waals surface area contributed by atoms with Gasteiger partial charge in [0.15, 0.2) is 11.6 Å². The molecular weight excluding hydrogens is 180 g/mol. The molecule has 0 aliphatic rings. The summed E-state index contributed by atoms with van der Waals surface area (Å²) in [5, 5.41) is 2.75. The average molecular weight is 196 g/mol. The average Bonchev–Trinajstić information content (AvgIpc) is 2.50. The molecule has 1 rings (SSSR count). The van der Waals surface area contributed by atoms with Crippen LogP contribution in [0.1, 0.15) is 50.0 Å². The van der Waals surface area contributed by atoms with Crippen molar-refractivity contribution in [2.45, 2.75) is 39.7 Å². The molecule has 0 bridgehead atoms. The second-order valence-electron chi connectivity index (χ2n) is 3.85. The third-order valence-electron chi connectivity index (χ3n) is 1.67. The molecule has 0 unspecified atom stereocenters. The number of oxazole rings is 1. The van der Waals surface area contributed by atoms with Crippen LogP contribution in [-0.2, 0) is 0 Å². The van der Waals surface area contributed by atoms with Crippen LogP contribution in [0.25, 0.3) is 0 Å². The highest BCUT2D eigenvalue weighted by molar-refractivity contribution is 5.92. The van der Waals surface area contributed by atoms with Gasteiger partial charge in [-0.1, -0.05) is 13.8 Å². The number of hydrogen-bond acceptors (Lipinski definition) is 3. The fraction of sp³-hybridized carbons (Fsp3) is 0.600. The first kappa shape index (κ1) is 10.8. The van der Waals surface area contributed by atoms with Crippen LogP contribution in [-0.4, -0.2) is 16.9 Å². The number of carbonyl (C=O) groups excluding carboxylic acids is 1. The van der Waals surface area contributed by atoms with Gasteiger partial charge in [0, 0.05) is 12.0 Å². The van der Waals surface area contributed by atoms with E-state index in [1.807, 2.05) is 27.7 Å². The molecule has 0 aliphatic carbocycles. The summed E-state index contributed by atoms with van der Waals surface area (Å²) in [5.41, 5.74) is 0.349. The fourth-order valence-corrected chi connectivity index (χ4v) is 0.993. The van der Waals surface area contributed by atoms with Crippen LogP contribution < -0.4 is 5.32 Å². The molecule has 1 heterocycles. The third kappa shape index (κ3) is 2.58. The van der Waals surface area contributed by atoms with E-state index in [2.05, 4.69) is 10.3 Å². The Kier molecular flexibility index (Phi) is 3.28. The zero-order valence-corrected chi connectivity index (χ0v) is 9.00. The Morgan fingerprint density at radius 2 is 2.07 bits per heavy atom. The Morgan fingerprint density at radius 3 is 2.50 bits per heavy atom. The van der Waals surface area contributed by atoms with Crippen molar-refractivity contribution in [1.29, 1.82) is 0 Å². The van der Waals surface area contributed by atoms with Crippen molar-refractivity contribution in [3.8, 4) is 0 Å². The van der Waals surface area contributed by atoms with Gasteiger partial charge in [-0.05, 0) is 13.8 Å². The highest BCUT2D eigenvalue weighted by Gasteiger charge is 2.14. The van der Waals surface area contributed by atoms with Crippen molar-refractivity contribution < 1.29 is 9.21 Å². The first-order valence-electron chi connectivity index (χ1n) is 4.77. The minimum absolute atomic E-state index is 0.113. The largest absolute Gasteiger partial charge is 0.448 e. The second kappa shape index (κ2) is 4.26. The van der Waals surface area contributed by atoms with E-state index in [9.17, 15) is 4.79 Å². The van der Waals surface area contributed by atoms with Crippen LogP contribution in [0.15, 0.2) is 10.7 Å². The predicted octanol–water partition coefficient (Wildman–Crippen LogP) is 1.94. The van der Waals surface area contributed by atoms with E-state index in [1.165, 1.54) is 6.26 Å². The molecule has 14 heavy (non-hydrogen) atoms. The number of carbonyl (C=O) groups is 1. The van der Waals surface area contributed by atoms with Crippen molar-refractivity contribution >= 4 is 5.91 Å². The first-order valence-corrected chi connectivity index (χ1v) is 4.77. The molecule has 1 N–H and O–H groups in total. The van der Waals surface area contributed by atoms with Crippen LogP contribution in [0, 0.1) is 0 Å². The first-order chi connectivity index (χ1) is 6.50. The van der Waals surface area contributed by atoms with Crippen molar-refractivity contribution in [3.63, 3.8) is 0 Å². The number of aromatic nitrogens is 1. The van der Waals surface area contributed by atoms with Crippen LogP contribution >= 0.6 is 0 Å². The molecule has 0 atom stereocenters. The highest BCUT2D eigenvalue weighted by atomic mass is 16.3. The number of nitrogens with one attached hydrogen (secondary N) is 1. The predicted molar refractivity (Wildman–Crippen MR) is 53.2 cm³/mol. The number of amides is 1. The lowest BCUT2D eigenvalue weighted by Gasteiger charge is -2.04. The van der Waals surface area contributed by atoms with Crippen LogP contribution in [0.2, 0.25) is 0 Å². The van der Waals surface area contributed by atoms with Gasteiger partial charge < -0.3 is 9.73 Å². The van der Waals surface area contributed by atoms with E-state index in [0.717, 1.165) is 0 Å². The van der Waals surface area contributed by atoms with Gasteiger partial charge in [-0.3, -0.25) is 4.79 Å². The summed E-state index contributed by atoms with van der Waals surface area (Å²) in [4.78, 5) is 15.5. The fourth-order valence-electron chi connectivity index (χ4n) is 0.993. The molecule has 0 saturated carbocycles. The molecule has 0 fully saturated rings. The molecular formula is C10H16N2O2. The lowest BCUT2D eigenvalue weighted by Crippen LogP contribution is -2.30. The summed E-state index contributed by atoms with van der Waals surface area (Å²) < 4.78 is 5.16. The van der Waals surface area contributed by atoms with E-state index >= 15 is 0 Å². The Labute approximate surface area is 83.7 Å². The second-order valence-corrected chi connectivity index (χ2v) is 3.85. The molecule has 0 saturated heterocycles. The Morgan fingerprint density at radius 1 is 1.43 bits per heavy atom. The zero-order chi connectivity index (χ0) is 10.7. The molecule has 1 aromatic heterocycles. The van der Waals surface area contributed by atoms with E-state index < -0.39 is 0 Å². The van der Waals surface area contributed by atoms with Gasteiger partial charge in [0.2, 0.25) is 0 Å². The molecule has 0 aromatic carbocycles. The molecule has 0 radical (unpaired) electrons. The molecule has 0 spiro atoms. The summed E-state index contributed by atoms with van der Waals surface area (Å²) in [5.74, 6) is 0.616. The van der Waals surface area contributed by atoms with Crippen LogP contribution in [0.3, 0.4) is 0 Å². The van der Waals surface area contributed by atoms with Crippen molar-refractivity contribution in [2.24, 2.45) is 0 Å². The van der Waals surface area contributed by atoms with E-state index in [0.29, 0.717) is 11.6 Å². The van der Waals surface area contributed by atoms with Crippen molar-refractivity contribution in [2.75, 3.05) is 0 Å². The van der Waals surface area contributed by atoms with E-state index in [4.69, 9.17) is 4.42 Å². The summed E-state index contributed by atoms with van der Waals surface area (Å²) in [7, 11) is 0. The van der Waals surface area contributed by atoms with Crippen LogP contribution in [0.4, 0.5) is 0 Å². The van der Waals surface area contributed by atoms with Crippen LogP contribution in [0.5, 0.6) is 0 Å². The zero-order valence-electron chi connectivity index (χ0n) is 9.00. The molecule has 78 valence electrons. The maximum absolute atomic E-state index is 11.5. The Hall–Kier alpha value is -1.32. The maximum Gasteiger partial charge on any atom is 0.273 e. The van der Waals surface area contributed by atoms with E-state index in [1.54, 1.807) is 0 Å². The summed E-state index contributed by atoms with van der Waals surface area (Å²) in [6, 6.07) is 0.113. The summed E-state index contributed by atoms with van der Waals surface area (Å²) >= 11 is 0. The minimum Gasteiger partial charge on any atom is -0.448 e. The van der Waals surface area contributed by atoms with Gasteiger partial charge in [-0.25, -0.2) is 4.98 Å². The number of nitrogens with zero attached hydrogens (tertiary/aromatic N) is 1. The minimum atomic E-state index is -0.185. The smallest absolute Gasteiger partial charge is 0.273 e. The quantitative estimate of drug-likeness (QED) is 0.803. The standard InChI is InChI=1S/C10H16N2O2/c1-6(2)10-12-8(5-14-10)9(13)11-7(3)4/h5-7H,1-4H3,(H,11,13). The lowest BCUT2D eigenvalue weighted by atomic mass is 10.2. The SMILES string of the molecule is CC(C)NC(=O)c1coc(C(C)C)n1. The van der Waals surface area contributed by atoms with Gasteiger partial charge in [-0.2, -0.15) is 0 Å². The molecule has 4 nitrogen and oxygen atoms in total. The molecule has 0 aliphatic heterocycles. The topological polar surface area (TPSA) is 55.1 Å². The number of hydrogen-bond donors (Lipinski definition) is 1. The molecule has 1 amide bonds. The van der Waals surface area contributed by atoms with Gasteiger partial charge in [-0.15, -0.1) is 0 Å². The van der Waals surface area contributed by atoms with Gasteiger partial charge in [0.05, 0.1) is 0 Å². The van der Waals surface area contributed by atoms with Gasteiger partial charge in [0.1, 0.15) is 6.26 Å². The highest BCUT2D eigenvalue weighted by Crippen LogP contribution is 2.12. The third-order valence-corrected chi connectivity index (χ3v) is 1.67. The van der Waals surface area contributed by atoms with Gasteiger partial charge in [0.25, 0.3) is 5.91 Å². The molecule has 4 heteroatoms. The Bertz CT molecular complexity index is 316. The number of rotatable bonds is 3. The maximum atomic E-state index is 11.5. The normalized spacial score (nSPS) is 11.0.